The van der Waals surface area contributed by atoms with Gasteiger partial charge < -0.3 is 10.1 Å². The van der Waals surface area contributed by atoms with Crippen LogP contribution in [0.25, 0.3) is 10.9 Å². The van der Waals surface area contributed by atoms with Crippen molar-refractivity contribution in [1.29, 1.82) is 0 Å². The number of benzene rings is 1. The molecule has 0 fully saturated rings. The fraction of sp³-hybridized carbons (Fsp3) is 0.286. The van der Waals surface area contributed by atoms with E-state index in [0.717, 1.165) is 26.6 Å². The van der Waals surface area contributed by atoms with Gasteiger partial charge >= 0.3 is 5.97 Å². The number of nitrogens with one attached hydrogen (secondary N) is 1. The number of hydrogen-bond acceptors (Lipinski definition) is 4. The van der Waals surface area contributed by atoms with Crippen molar-refractivity contribution in [2.24, 2.45) is 0 Å². The molecule has 1 aromatic carbocycles. The van der Waals surface area contributed by atoms with Gasteiger partial charge in [-0.05, 0) is 35.3 Å². The predicted molar refractivity (Wildman–Crippen MR) is 79.7 cm³/mol. The number of ether oxygens (including phenoxy) is 1. The van der Waals surface area contributed by atoms with Gasteiger partial charge in [0.25, 0.3) is 0 Å². The Kier molecular flexibility index (Phi) is 4.04. The molecule has 1 aromatic heterocycles. The third-order valence-corrected chi connectivity index (χ3v) is 3.92. The van der Waals surface area contributed by atoms with Gasteiger partial charge in [-0.1, -0.05) is 12.1 Å². The minimum absolute atomic E-state index is 0.345. The normalized spacial score (nSPS) is 10.5. The molecule has 0 amide bonds. The van der Waals surface area contributed by atoms with Gasteiger partial charge in [0.05, 0.1) is 17.8 Å². The Morgan fingerprint density at radius 2 is 2.21 bits per heavy atom. The third kappa shape index (κ3) is 2.42. The number of carbonyl (C=O) groups excluding carboxylic acids is 1. The first-order valence-corrected chi connectivity index (χ1v) is 6.82. The first-order valence-electron chi connectivity index (χ1n) is 6.02. The van der Waals surface area contributed by atoms with E-state index in [1.807, 2.05) is 19.1 Å². The summed E-state index contributed by atoms with van der Waals surface area (Å²) in [5.74, 6) is -0.363. The number of carbonyl (C=O) groups is 1. The van der Waals surface area contributed by atoms with Crippen LogP contribution in [0.4, 0.5) is 5.69 Å². The van der Waals surface area contributed by atoms with Crippen LogP contribution in [0.2, 0.25) is 0 Å². The van der Waals surface area contributed by atoms with Crippen LogP contribution in [-0.4, -0.2) is 24.6 Å². The highest BCUT2D eigenvalue weighted by molar-refractivity contribution is 9.10. The molecule has 0 aliphatic heterocycles. The highest BCUT2D eigenvalue weighted by Crippen LogP contribution is 2.32. The van der Waals surface area contributed by atoms with Crippen molar-refractivity contribution >= 4 is 38.5 Å². The van der Waals surface area contributed by atoms with Crippen molar-refractivity contribution in [2.45, 2.75) is 13.8 Å². The van der Waals surface area contributed by atoms with Crippen LogP contribution in [0.1, 0.15) is 22.8 Å². The van der Waals surface area contributed by atoms with Crippen LogP contribution < -0.4 is 5.32 Å². The van der Waals surface area contributed by atoms with Gasteiger partial charge in [0.15, 0.2) is 0 Å². The van der Waals surface area contributed by atoms with E-state index in [1.54, 1.807) is 20.2 Å². The summed E-state index contributed by atoms with van der Waals surface area (Å²) >= 11 is 3.53. The van der Waals surface area contributed by atoms with Gasteiger partial charge in [0.2, 0.25) is 0 Å². The quantitative estimate of drug-likeness (QED) is 0.878. The molecule has 0 atom stereocenters. The fourth-order valence-electron chi connectivity index (χ4n) is 1.97. The van der Waals surface area contributed by atoms with E-state index < -0.39 is 0 Å². The van der Waals surface area contributed by atoms with Crippen LogP contribution in [0.15, 0.2) is 22.8 Å². The molecule has 19 heavy (non-hydrogen) atoms. The molecule has 0 saturated carbocycles. The molecule has 0 radical (unpaired) electrons. The third-order valence-electron chi connectivity index (χ3n) is 2.92. The molecular formula is C14H15BrN2O2. The van der Waals surface area contributed by atoms with Crippen LogP contribution >= 0.6 is 15.9 Å². The van der Waals surface area contributed by atoms with Crippen LogP contribution in [0.5, 0.6) is 0 Å². The summed E-state index contributed by atoms with van der Waals surface area (Å²) in [6.07, 6.45) is 1.55. The average molecular weight is 323 g/mol. The van der Waals surface area contributed by atoms with Crippen molar-refractivity contribution in [1.82, 2.24) is 4.98 Å². The molecule has 1 heterocycles. The first-order chi connectivity index (χ1) is 9.10. The Morgan fingerprint density at radius 3 is 2.84 bits per heavy atom. The van der Waals surface area contributed by atoms with E-state index in [0.29, 0.717) is 12.2 Å². The van der Waals surface area contributed by atoms with Gasteiger partial charge in [-0.3, -0.25) is 4.98 Å². The zero-order valence-electron chi connectivity index (χ0n) is 11.1. The topological polar surface area (TPSA) is 51.2 Å². The van der Waals surface area contributed by atoms with Crippen molar-refractivity contribution in [3.8, 4) is 0 Å². The Labute approximate surface area is 120 Å². The number of esters is 1. The van der Waals surface area contributed by atoms with E-state index >= 15 is 0 Å². The number of fused-ring (bicyclic) bond motifs is 1. The predicted octanol–water partition coefficient (Wildman–Crippen LogP) is 3.52. The van der Waals surface area contributed by atoms with Gasteiger partial charge in [0.1, 0.15) is 5.56 Å². The molecule has 1 N–H and O–H groups in total. The highest BCUT2D eigenvalue weighted by Gasteiger charge is 2.17. The molecule has 0 spiro atoms. The van der Waals surface area contributed by atoms with Gasteiger partial charge in [-0.2, -0.15) is 0 Å². The Hall–Kier alpha value is -1.62. The van der Waals surface area contributed by atoms with Gasteiger partial charge in [-0.25, -0.2) is 4.79 Å². The summed E-state index contributed by atoms with van der Waals surface area (Å²) in [5.41, 5.74) is 3.13. The largest absolute Gasteiger partial charge is 0.462 e. The molecule has 100 valence electrons. The second-order valence-corrected chi connectivity index (χ2v) is 4.90. The number of hydrogen-bond donors (Lipinski definition) is 1. The Bertz CT molecular complexity index is 641. The first kappa shape index (κ1) is 13.8. The Balaban J connectivity index is 2.70. The minimum Gasteiger partial charge on any atom is -0.462 e. The lowest BCUT2D eigenvalue weighted by Crippen LogP contribution is -2.09. The number of anilines is 1. The number of nitrogens with zero attached hydrogens (tertiary/aromatic N) is 1. The summed E-state index contributed by atoms with van der Waals surface area (Å²) in [5, 5.41) is 3.96. The van der Waals surface area contributed by atoms with Crippen molar-refractivity contribution < 1.29 is 9.53 Å². The molecule has 0 bridgehead atoms. The zero-order chi connectivity index (χ0) is 14.0. The summed E-state index contributed by atoms with van der Waals surface area (Å²) in [4.78, 5) is 16.3. The maximum atomic E-state index is 11.9. The van der Waals surface area contributed by atoms with Crippen molar-refractivity contribution in [3.63, 3.8) is 0 Å². The lowest BCUT2D eigenvalue weighted by atomic mass is 10.1. The van der Waals surface area contributed by atoms with Crippen LogP contribution in [0.3, 0.4) is 0 Å². The summed E-state index contributed by atoms with van der Waals surface area (Å²) in [7, 11) is 1.78. The van der Waals surface area contributed by atoms with E-state index in [9.17, 15) is 4.79 Å². The molecule has 0 saturated heterocycles. The standard InChI is InChI=1S/C14H15BrN2O2/c1-4-19-14(18)10-7-17-13-9(12(10)16-3)6-5-8(2)11(13)15/h5-7H,4H2,1-3H3,(H,16,17). The van der Waals surface area contributed by atoms with Crippen molar-refractivity contribution in [2.75, 3.05) is 19.0 Å². The average Bonchev–Trinajstić information content (AvgIpc) is 2.41. The number of halogens is 1. The van der Waals surface area contributed by atoms with Gasteiger partial charge in [0, 0.05) is 23.1 Å². The fourth-order valence-corrected chi connectivity index (χ4v) is 2.41. The lowest BCUT2D eigenvalue weighted by Gasteiger charge is -2.12. The SMILES string of the molecule is CCOC(=O)c1cnc2c(Br)c(C)ccc2c1NC. The Morgan fingerprint density at radius 1 is 1.47 bits per heavy atom. The maximum Gasteiger partial charge on any atom is 0.341 e. The van der Waals surface area contributed by atoms with Crippen LogP contribution in [-0.2, 0) is 4.74 Å². The second-order valence-electron chi connectivity index (χ2n) is 4.11. The summed E-state index contributed by atoms with van der Waals surface area (Å²) in [6, 6.07) is 3.95. The molecule has 0 unspecified atom stereocenters. The number of aryl methyl sites for hydroxylation is 1. The molecule has 4 nitrogen and oxygen atoms in total. The monoisotopic (exact) mass is 322 g/mol. The molecule has 2 aromatic rings. The summed E-state index contributed by atoms with van der Waals surface area (Å²) < 4.78 is 5.98. The maximum absolute atomic E-state index is 11.9. The van der Waals surface area contributed by atoms with Crippen molar-refractivity contribution in [3.05, 3.63) is 33.9 Å². The molecule has 0 aliphatic carbocycles. The molecule has 2 rings (SSSR count). The molecular weight excluding hydrogens is 308 g/mol. The minimum atomic E-state index is -0.363. The highest BCUT2D eigenvalue weighted by atomic mass is 79.9. The lowest BCUT2D eigenvalue weighted by molar-refractivity contribution is 0.0527. The zero-order valence-corrected chi connectivity index (χ0v) is 12.7. The number of aromatic nitrogens is 1. The van der Waals surface area contributed by atoms with E-state index in [4.69, 9.17) is 4.74 Å². The number of rotatable bonds is 3. The number of pyridine rings is 1. The van der Waals surface area contributed by atoms with Gasteiger partial charge in [-0.15, -0.1) is 0 Å². The smallest absolute Gasteiger partial charge is 0.341 e. The van der Waals surface area contributed by atoms with E-state index in [1.165, 1.54) is 0 Å². The van der Waals surface area contributed by atoms with Crippen LogP contribution in [0, 0.1) is 6.92 Å². The van der Waals surface area contributed by atoms with E-state index in [2.05, 4.69) is 26.2 Å². The summed E-state index contributed by atoms with van der Waals surface area (Å²) in [6.45, 7) is 4.13. The molecule has 0 aliphatic rings. The molecule has 5 heteroatoms. The van der Waals surface area contributed by atoms with E-state index in [-0.39, 0.29) is 5.97 Å². The second kappa shape index (κ2) is 5.57.